The first-order valence-corrected chi connectivity index (χ1v) is 12.0. The van der Waals surface area contributed by atoms with Crippen molar-refractivity contribution < 1.29 is 17.9 Å². The smallest absolute Gasteiger partial charge is 0.250 e. The highest BCUT2D eigenvalue weighted by Crippen LogP contribution is 2.41. The third kappa shape index (κ3) is 3.59. The van der Waals surface area contributed by atoms with E-state index in [2.05, 4.69) is 10.1 Å². The SMILES string of the molecule is CCS(=O)(=O)N1N=C(c2ccccc2)C[C@@H]1c1cc2cc3c(cc2nc1Cl)OCCO3. The van der Waals surface area contributed by atoms with E-state index in [1.165, 1.54) is 4.41 Å². The number of hydrogen-bond acceptors (Lipinski definition) is 6. The Labute approximate surface area is 185 Å². The fraction of sp³-hybridized carbons (Fsp3) is 0.273. The van der Waals surface area contributed by atoms with Crippen molar-refractivity contribution in [3.05, 3.63) is 64.8 Å². The summed E-state index contributed by atoms with van der Waals surface area (Å²) in [5.74, 6) is 1.20. The average Bonchev–Trinajstić information content (AvgIpc) is 3.24. The van der Waals surface area contributed by atoms with Gasteiger partial charge in [0, 0.05) is 23.4 Å². The van der Waals surface area contributed by atoms with Crippen molar-refractivity contribution in [2.24, 2.45) is 5.10 Å². The van der Waals surface area contributed by atoms with Gasteiger partial charge in [-0.1, -0.05) is 41.9 Å². The van der Waals surface area contributed by atoms with Crippen LogP contribution in [0.3, 0.4) is 0 Å². The Morgan fingerprint density at radius 2 is 1.81 bits per heavy atom. The topological polar surface area (TPSA) is 81.1 Å². The van der Waals surface area contributed by atoms with Gasteiger partial charge in [-0.2, -0.15) is 9.52 Å². The molecule has 0 saturated heterocycles. The lowest BCUT2D eigenvalue weighted by Crippen LogP contribution is -2.28. The zero-order valence-electron chi connectivity index (χ0n) is 16.8. The lowest BCUT2D eigenvalue weighted by molar-refractivity contribution is 0.172. The number of sulfonamides is 1. The van der Waals surface area contributed by atoms with Crippen molar-refractivity contribution in [1.82, 2.24) is 9.40 Å². The molecule has 5 rings (SSSR count). The van der Waals surface area contributed by atoms with Crippen molar-refractivity contribution in [3.63, 3.8) is 0 Å². The van der Waals surface area contributed by atoms with Crippen LogP contribution in [0.1, 0.15) is 30.5 Å². The van der Waals surface area contributed by atoms with Crippen LogP contribution in [0.15, 0.2) is 53.6 Å². The van der Waals surface area contributed by atoms with E-state index < -0.39 is 16.1 Å². The molecule has 7 nitrogen and oxygen atoms in total. The van der Waals surface area contributed by atoms with E-state index in [9.17, 15) is 8.42 Å². The molecule has 0 bridgehead atoms. The predicted octanol–water partition coefficient (Wildman–Crippen LogP) is 4.16. The lowest BCUT2D eigenvalue weighted by Gasteiger charge is -2.24. The molecule has 0 unspecified atom stereocenters. The van der Waals surface area contributed by atoms with Crippen LogP contribution in [-0.2, 0) is 10.0 Å². The second-order valence-electron chi connectivity index (χ2n) is 7.36. The molecule has 9 heteroatoms. The summed E-state index contributed by atoms with van der Waals surface area (Å²) in [4.78, 5) is 4.53. The van der Waals surface area contributed by atoms with Gasteiger partial charge in [0.25, 0.3) is 0 Å². The highest BCUT2D eigenvalue weighted by Gasteiger charge is 2.37. The number of pyridine rings is 1. The maximum atomic E-state index is 12.8. The summed E-state index contributed by atoms with van der Waals surface area (Å²) in [6.07, 6.45) is 0.403. The summed E-state index contributed by atoms with van der Waals surface area (Å²) in [6, 6.07) is 14.5. The number of hydrazone groups is 1. The van der Waals surface area contributed by atoms with E-state index >= 15 is 0 Å². The molecule has 0 radical (unpaired) electrons. The van der Waals surface area contributed by atoms with Gasteiger partial charge in [-0.05, 0) is 24.6 Å². The van der Waals surface area contributed by atoms with Gasteiger partial charge in [-0.25, -0.2) is 13.4 Å². The van der Waals surface area contributed by atoms with Crippen molar-refractivity contribution in [2.45, 2.75) is 19.4 Å². The van der Waals surface area contributed by atoms with Crippen LogP contribution in [0.4, 0.5) is 0 Å². The molecule has 0 N–H and O–H groups in total. The van der Waals surface area contributed by atoms with Crippen molar-refractivity contribution in [3.8, 4) is 11.5 Å². The number of hydrogen-bond donors (Lipinski definition) is 0. The van der Waals surface area contributed by atoms with Crippen molar-refractivity contribution in [1.29, 1.82) is 0 Å². The fourth-order valence-corrected chi connectivity index (χ4v) is 5.19. The monoisotopic (exact) mass is 457 g/mol. The number of ether oxygens (including phenoxy) is 2. The van der Waals surface area contributed by atoms with E-state index in [0.29, 0.717) is 47.9 Å². The second kappa shape index (κ2) is 7.69. The van der Waals surface area contributed by atoms with Gasteiger partial charge in [0.1, 0.15) is 18.4 Å². The summed E-state index contributed by atoms with van der Waals surface area (Å²) < 4.78 is 38.2. The molecule has 160 valence electrons. The molecular formula is C22H20ClN3O4S. The lowest BCUT2D eigenvalue weighted by atomic mass is 9.99. The molecule has 31 heavy (non-hydrogen) atoms. The van der Waals surface area contributed by atoms with Crippen LogP contribution in [0.25, 0.3) is 10.9 Å². The van der Waals surface area contributed by atoms with E-state index in [4.69, 9.17) is 21.1 Å². The first kappa shape index (κ1) is 20.1. The number of nitrogens with zero attached hydrogens (tertiary/aromatic N) is 3. The highest BCUT2D eigenvalue weighted by molar-refractivity contribution is 7.89. The molecule has 0 aliphatic carbocycles. The molecule has 2 aromatic carbocycles. The predicted molar refractivity (Wildman–Crippen MR) is 119 cm³/mol. The van der Waals surface area contributed by atoms with Gasteiger partial charge in [-0.15, -0.1) is 0 Å². The van der Waals surface area contributed by atoms with E-state index in [1.54, 1.807) is 13.0 Å². The van der Waals surface area contributed by atoms with E-state index in [1.807, 2.05) is 42.5 Å². The minimum Gasteiger partial charge on any atom is -0.486 e. The third-order valence-electron chi connectivity index (χ3n) is 5.45. The molecular weight excluding hydrogens is 438 g/mol. The quantitative estimate of drug-likeness (QED) is 0.549. The Morgan fingerprint density at radius 1 is 1.10 bits per heavy atom. The highest BCUT2D eigenvalue weighted by atomic mass is 35.5. The van der Waals surface area contributed by atoms with Crippen LogP contribution in [-0.4, -0.2) is 42.5 Å². The van der Waals surface area contributed by atoms with Crippen molar-refractivity contribution >= 4 is 38.2 Å². The summed E-state index contributed by atoms with van der Waals surface area (Å²) in [6.45, 7) is 2.56. The molecule has 2 aliphatic heterocycles. The summed E-state index contributed by atoms with van der Waals surface area (Å²) in [5, 5.41) is 5.52. The zero-order valence-corrected chi connectivity index (χ0v) is 18.4. The van der Waals surface area contributed by atoms with E-state index in [0.717, 1.165) is 10.9 Å². The average molecular weight is 458 g/mol. The van der Waals surface area contributed by atoms with Crippen LogP contribution in [0, 0.1) is 0 Å². The molecule has 0 fully saturated rings. The molecule has 1 atom stereocenters. The summed E-state index contributed by atoms with van der Waals surface area (Å²) in [7, 11) is -3.61. The number of halogens is 1. The van der Waals surface area contributed by atoms with Crippen LogP contribution in [0.5, 0.6) is 11.5 Å². The maximum absolute atomic E-state index is 12.8. The molecule has 3 aromatic rings. The fourth-order valence-electron chi connectivity index (χ4n) is 3.85. The summed E-state index contributed by atoms with van der Waals surface area (Å²) in [5.41, 5.74) is 2.84. The molecule has 3 heterocycles. The number of aromatic nitrogens is 1. The first-order valence-electron chi connectivity index (χ1n) is 10.0. The standard InChI is InChI=1S/C22H20ClN3O4S/c1-2-31(27,28)26-19(12-18(25-26)14-6-4-3-5-7-14)16-10-15-11-20-21(30-9-8-29-20)13-17(15)24-22(16)23/h3-7,10-11,13,19H,2,8-9,12H2,1H3/t19-/m1/s1. The number of fused-ring (bicyclic) bond motifs is 2. The Hall–Kier alpha value is -2.84. The second-order valence-corrected chi connectivity index (χ2v) is 9.84. The Kier molecular flexibility index (Phi) is 4.98. The van der Waals surface area contributed by atoms with Gasteiger partial charge < -0.3 is 9.47 Å². The minimum absolute atomic E-state index is 0.0631. The van der Waals surface area contributed by atoms with Crippen LogP contribution >= 0.6 is 11.6 Å². The van der Waals surface area contributed by atoms with Gasteiger partial charge in [0.05, 0.1) is 23.0 Å². The molecule has 0 saturated carbocycles. The van der Waals surface area contributed by atoms with Gasteiger partial charge in [-0.3, -0.25) is 0 Å². The zero-order chi connectivity index (χ0) is 21.6. The minimum atomic E-state index is -3.61. The molecule has 0 amide bonds. The Morgan fingerprint density at radius 3 is 2.52 bits per heavy atom. The molecule has 2 aliphatic rings. The Bertz CT molecular complexity index is 1300. The van der Waals surface area contributed by atoms with Gasteiger partial charge in [0.2, 0.25) is 10.0 Å². The summed E-state index contributed by atoms with van der Waals surface area (Å²) >= 11 is 6.56. The molecule has 0 spiro atoms. The molecule has 1 aromatic heterocycles. The number of benzene rings is 2. The first-order chi connectivity index (χ1) is 15.0. The van der Waals surface area contributed by atoms with Crippen LogP contribution in [0.2, 0.25) is 5.15 Å². The number of rotatable bonds is 4. The Balaban J connectivity index is 1.61. The van der Waals surface area contributed by atoms with Crippen LogP contribution < -0.4 is 9.47 Å². The third-order valence-corrected chi connectivity index (χ3v) is 7.39. The van der Waals surface area contributed by atoms with Gasteiger partial charge in [0.15, 0.2) is 11.5 Å². The largest absolute Gasteiger partial charge is 0.486 e. The normalized spacial score (nSPS) is 18.3. The maximum Gasteiger partial charge on any atom is 0.250 e. The van der Waals surface area contributed by atoms with E-state index in [-0.39, 0.29) is 10.9 Å². The van der Waals surface area contributed by atoms with Crippen molar-refractivity contribution in [2.75, 3.05) is 19.0 Å². The van der Waals surface area contributed by atoms with Gasteiger partial charge >= 0.3 is 0 Å².